The number of hydrogen-bond donors (Lipinski definition) is 0. The molecule has 1 heteroatoms. The van der Waals surface area contributed by atoms with Gasteiger partial charge in [0.05, 0.1) is 0 Å². The Balaban J connectivity index is 1.18. The van der Waals surface area contributed by atoms with Crippen LogP contribution in [0.4, 0.5) is 0 Å². The molecular weight excluding hydrogens is 657 g/mol. The Bertz CT molecular complexity index is 3090. The van der Waals surface area contributed by atoms with E-state index in [2.05, 4.69) is 194 Å². The summed E-state index contributed by atoms with van der Waals surface area (Å²) >= 11 is 1.90. The Kier molecular flexibility index (Phi) is 6.83. The van der Waals surface area contributed by atoms with E-state index in [0.717, 1.165) is 0 Å². The van der Waals surface area contributed by atoms with Gasteiger partial charge >= 0.3 is 0 Å². The zero-order chi connectivity index (χ0) is 34.9. The maximum Gasteiger partial charge on any atom is 0.0361 e. The quantitative estimate of drug-likeness (QED) is 0.162. The molecule has 0 unspecified atom stereocenters. The molecule has 11 rings (SSSR count). The molecule has 0 aliphatic heterocycles. The minimum atomic E-state index is 1.25. The fourth-order valence-corrected chi connectivity index (χ4v) is 10.1. The van der Waals surface area contributed by atoms with Gasteiger partial charge in [-0.25, -0.2) is 0 Å². The molecule has 0 aliphatic rings. The maximum absolute atomic E-state index is 2.44. The average Bonchev–Trinajstić information content (AvgIpc) is 3.61. The summed E-state index contributed by atoms with van der Waals surface area (Å²) in [6.45, 7) is 0. The van der Waals surface area contributed by atoms with Gasteiger partial charge in [0.25, 0.3) is 0 Å². The molecule has 0 saturated heterocycles. The molecule has 0 spiro atoms. The summed E-state index contributed by atoms with van der Waals surface area (Å²) < 4.78 is 2.61. The molecule has 0 atom stereocenters. The molecule has 0 nitrogen and oxygen atoms in total. The van der Waals surface area contributed by atoms with Crippen molar-refractivity contribution in [2.75, 3.05) is 0 Å². The third-order valence-electron chi connectivity index (χ3n) is 11.0. The van der Waals surface area contributed by atoms with Crippen molar-refractivity contribution in [1.82, 2.24) is 0 Å². The first-order valence-electron chi connectivity index (χ1n) is 18.3. The van der Waals surface area contributed by atoms with E-state index >= 15 is 0 Å². The van der Waals surface area contributed by atoms with Crippen LogP contribution in [0.1, 0.15) is 0 Å². The Labute approximate surface area is 311 Å². The molecule has 0 radical (unpaired) electrons. The Morgan fingerprint density at radius 2 is 0.642 bits per heavy atom. The highest BCUT2D eigenvalue weighted by atomic mass is 32.1. The lowest BCUT2D eigenvalue weighted by molar-refractivity contribution is 1.66. The van der Waals surface area contributed by atoms with Gasteiger partial charge in [0.2, 0.25) is 0 Å². The van der Waals surface area contributed by atoms with E-state index in [0.29, 0.717) is 0 Å². The predicted molar refractivity (Wildman–Crippen MR) is 231 cm³/mol. The summed E-state index contributed by atoms with van der Waals surface area (Å²) in [5.74, 6) is 0. The molecule has 0 bridgehead atoms. The highest BCUT2D eigenvalue weighted by molar-refractivity contribution is 7.26. The highest BCUT2D eigenvalue weighted by Gasteiger charge is 2.21. The molecule has 0 amide bonds. The summed E-state index contributed by atoms with van der Waals surface area (Å²) in [5, 5.41) is 12.9. The predicted octanol–water partition coefficient (Wildman–Crippen LogP) is 15.3. The molecule has 0 saturated carbocycles. The van der Waals surface area contributed by atoms with Gasteiger partial charge in [0, 0.05) is 20.2 Å². The summed E-state index contributed by atoms with van der Waals surface area (Å²) in [5.41, 5.74) is 10.2. The van der Waals surface area contributed by atoms with Gasteiger partial charge in [0.1, 0.15) is 0 Å². The molecular formula is C52H32S. The monoisotopic (exact) mass is 688 g/mol. The van der Waals surface area contributed by atoms with E-state index in [4.69, 9.17) is 0 Å². The summed E-state index contributed by atoms with van der Waals surface area (Å²) in [4.78, 5) is 0. The first kappa shape index (κ1) is 30.1. The summed E-state index contributed by atoms with van der Waals surface area (Å²) in [6, 6.07) is 71.5. The van der Waals surface area contributed by atoms with E-state index in [1.165, 1.54) is 108 Å². The van der Waals surface area contributed by atoms with Crippen LogP contribution in [0.3, 0.4) is 0 Å². The van der Waals surface area contributed by atoms with Gasteiger partial charge in [-0.05, 0) is 99.7 Å². The van der Waals surface area contributed by atoms with Crippen LogP contribution in [-0.2, 0) is 0 Å². The van der Waals surface area contributed by atoms with Gasteiger partial charge in [-0.2, -0.15) is 0 Å². The third kappa shape index (κ3) is 4.61. The van der Waals surface area contributed by atoms with Crippen LogP contribution >= 0.6 is 11.3 Å². The van der Waals surface area contributed by atoms with Crippen LogP contribution < -0.4 is 0 Å². The first-order valence-corrected chi connectivity index (χ1v) is 19.1. The van der Waals surface area contributed by atoms with Crippen molar-refractivity contribution in [3.05, 3.63) is 194 Å². The minimum absolute atomic E-state index is 1.25. The molecule has 0 fully saturated rings. The largest absolute Gasteiger partial charge is 0.135 e. The van der Waals surface area contributed by atoms with Gasteiger partial charge in [0.15, 0.2) is 0 Å². The van der Waals surface area contributed by atoms with E-state index < -0.39 is 0 Å². The van der Waals surface area contributed by atoms with Crippen molar-refractivity contribution in [3.63, 3.8) is 0 Å². The number of fused-ring (bicyclic) bond motifs is 7. The van der Waals surface area contributed by atoms with E-state index in [-0.39, 0.29) is 0 Å². The second kappa shape index (κ2) is 12.0. The third-order valence-corrected chi connectivity index (χ3v) is 12.2. The highest BCUT2D eigenvalue weighted by Crippen LogP contribution is 2.49. The maximum atomic E-state index is 2.44. The average molecular weight is 689 g/mol. The number of thiophene rings is 1. The number of rotatable bonds is 4. The van der Waals surface area contributed by atoms with Gasteiger partial charge in [-0.1, -0.05) is 182 Å². The van der Waals surface area contributed by atoms with Crippen molar-refractivity contribution in [3.8, 4) is 44.5 Å². The van der Waals surface area contributed by atoms with Crippen molar-refractivity contribution >= 4 is 74.6 Å². The van der Waals surface area contributed by atoms with E-state index in [1.54, 1.807) is 0 Å². The summed E-state index contributed by atoms with van der Waals surface area (Å²) in [6.07, 6.45) is 0. The van der Waals surface area contributed by atoms with E-state index in [1.807, 2.05) is 11.3 Å². The Morgan fingerprint density at radius 1 is 0.245 bits per heavy atom. The Hall–Kier alpha value is -6.54. The summed E-state index contributed by atoms with van der Waals surface area (Å²) in [7, 11) is 0. The fourth-order valence-electron chi connectivity index (χ4n) is 8.88. The Morgan fingerprint density at radius 3 is 1.09 bits per heavy atom. The van der Waals surface area contributed by atoms with Crippen molar-refractivity contribution in [2.45, 2.75) is 0 Å². The zero-order valence-electron chi connectivity index (χ0n) is 28.9. The van der Waals surface area contributed by atoms with Crippen LogP contribution in [0.15, 0.2) is 194 Å². The van der Waals surface area contributed by atoms with Crippen LogP contribution in [0.2, 0.25) is 0 Å². The second-order valence-electron chi connectivity index (χ2n) is 13.9. The molecule has 1 aromatic heterocycles. The SMILES string of the molecule is c1ccc(-c2c3ccccc3c(-c3ccc4c(c3)sc3cccc(-c5c6ccccc6c(-c6ccccc6)c6ccccc56)c34)c3ccccc23)cc1. The van der Waals surface area contributed by atoms with Crippen LogP contribution in [-0.4, -0.2) is 0 Å². The topological polar surface area (TPSA) is 0 Å². The molecule has 1 heterocycles. The van der Waals surface area contributed by atoms with Crippen LogP contribution in [0, 0.1) is 0 Å². The van der Waals surface area contributed by atoms with Gasteiger partial charge in [-0.3, -0.25) is 0 Å². The second-order valence-corrected chi connectivity index (χ2v) is 15.0. The molecule has 0 aliphatic carbocycles. The smallest absolute Gasteiger partial charge is 0.0361 e. The van der Waals surface area contributed by atoms with Crippen LogP contribution in [0.5, 0.6) is 0 Å². The van der Waals surface area contributed by atoms with Gasteiger partial charge < -0.3 is 0 Å². The molecule has 246 valence electrons. The van der Waals surface area contributed by atoms with Crippen LogP contribution in [0.25, 0.3) is 108 Å². The van der Waals surface area contributed by atoms with Crippen molar-refractivity contribution in [2.24, 2.45) is 0 Å². The lowest BCUT2D eigenvalue weighted by atomic mass is 9.84. The lowest BCUT2D eigenvalue weighted by Crippen LogP contribution is -1.91. The molecule has 11 aromatic rings. The normalized spacial score (nSPS) is 11.8. The lowest BCUT2D eigenvalue weighted by Gasteiger charge is -2.18. The minimum Gasteiger partial charge on any atom is -0.135 e. The number of hydrogen-bond acceptors (Lipinski definition) is 1. The van der Waals surface area contributed by atoms with Gasteiger partial charge in [-0.15, -0.1) is 11.3 Å². The van der Waals surface area contributed by atoms with E-state index in [9.17, 15) is 0 Å². The molecule has 53 heavy (non-hydrogen) atoms. The fraction of sp³-hybridized carbons (Fsp3) is 0. The molecule has 10 aromatic carbocycles. The first-order chi connectivity index (χ1) is 26.3. The molecule has 0 N–H and O–H groups in total. The van der Waals surface area contributed by atoms with Crippen molar-refractivity contribution in [1.29, 1.82) is 0 Å². The zero-order valence-corrected chi connectivity index (χ0v) is 29.7. The van der Waals surface area contributed by atoms with Crippen molar-refractivity contribution < 1.29 is 0 Å². The number of benzene rings is 10. The standard InChI is InChI=1S/C52H32S/c1-3-16-33(17-4-1)48-36-20-7-9-22-38(36)50(39-23-10-8-21-37(39)48)35-30-31-44-47(32-35)53-46-29-15-28-45(52(44)46)51-42-26-13-11-24-40(42)49(34-18-5-2-6-19-34)41-25-12-14-27-43(41)51/h1-32H.